The molecule has 2 heterocycles. The van der Waals surface area contributed by atoms with Gasteiger partial charge < -0.3 is 10.1 Å². The van der Waals surface area contributed by atoms with Crippen LogP contribution in [0.4, 0.5) is 0 Å². The van der Waals surface area contributed by atoms with E-state index in [0.717, 1.165) is 22.6 Å². The largest absolute Gasteiger partial charge is 0.383 e. The summed E-state index contributed by atoms with van der Waals surface area (Å²) in [4.78, 5) is 0. The summed E-state index contributed by atoms with van der Waals surface area (Å²) in [6, 6.07) is 1.93. The quantitative estimate of drug-likeness (QED) is 0.883. The van der Waals surface area contributed by atoms with Crippen LogP contribution in [-0.4, -0.2) is 40.7 Å². The van der Waals surface area contributed by atoms with E-state index in [9.17, 15) is 0 Å². The third-order valence-electron chi connectivity index (χ3n) is 3.35. The van der Waals surface area contributed by atoms with Gasteiger partial charge in [0.1, 0.15) is 0 Å². The van der Waals surface area contributed by atoms with Gasteiger partial charge in [0.25, 0.3) is 0 Å². The van der Waals surface area contributed by atoms with Crippen LogP contribution >= 0.6 is 11.6 Å². The molecule has 0 bridgehead atoms. The number of aromatic nitrogens is 4. The molecule has 1 N–H and O–H groups in total. The molecular weight excluding hydrogens is 290 g/mol. The summed E-state index contributed by atoms with van der Waals surface area (Å²) >= 11 is 6.34. The van der Waals surface area contributed by atoms with Gasteiger partial charge in [-0.25, -0.2) is 0 Å². The van der Waals surface area contributed by atoms with E-state index < -0.39 is 0 Å². The Morgan fingerprint density at radius 1 is 1.38 bits per heavy atom. The van der Waals surface area contributed by atoms with Gasteiger partial charge in [-0.05, 0) is 27.0 Å². The first-order valence-corrected chi connectivity index (χ1v) is 7.14. The lowest BCUT2D eigenvalue weighted by Gasteiger charge is -2.20. The number of aryl methyl sites for hydroxylation is 2. The average molecular weight is 310 g/mol. The maximum atomic E-state index is 6.34. The molecule has 1 unspecified atom stereocenters. The van der Waals surface area contributed by atoms with Gasteiger partial charge in [0, 0.05) is 12.7 Å². The topological polar surface area (TPSA) is 64.9 Å². The lowest BCUT2D eigenvalue weighted by atomic mass is 10.0. The van der Waals surface area contributed by atoms with Crippen molar-refractivity contribution in [3.05, 3.63) is 39.9 Å². The summed E-state index contributed by atoms with van der Waals surface area (Å²) in [6.45, 7) is 5.09. The Labute approximate surface area is 129 Å². The summed E-state index contributed by atoms with van der Waals surface area (Å²) in [6.07, 6.45) is 1.66. The van der Waals surface area contributed by atoms with E-state index in [-0.39, 0.29) is 6.04 Å². The predicted octanol–water partition coefficient (Wildman–Crippen LogP) is 1.90. The minimum Gasteiger partial charge on any atom is -0.383 e. The van der Waals surface area contributed by atoms with Gasteiger partial charge >= 0.3 is 0 Å². The zero-order chi connectivity index (χ0) is 15.4. The van der Waals surface area contributed by atoms with Crippen LogP contribution in [-0.2, 0) is 11.3 Å². The molecule has 1 atom stereocenters. The molecule has 2 aromatic heterocycles. The van der Waals surface area contributed by atoms with E-state index in [1.54, 1.807) is 13.3 Å². The smallest absolute Gasteiger partial charge is 0.0837 e. The van der Waals surface area contributed by atoms with E-state index in [0.29, 0.717) is 18.2 Å². The summed E-state index contributed by atoms with van der Waals surface area (Å²) in [7, 11) is 3.56. The van der Waals surface area contributed by atoms with Crippen LogP contribution in [0.25, 0.3) is 0 Å². The van der Waals surface area contributed by atoms with Crippen molar-refractivity contribution >= 4 is 11.6 Å². The van der Waals surface area contributed by atoms with Gasteiger partial charge in [-0.1, -0.05) is 11.6 Å². The molecule has 0 aliphatic heterocycles. The molecule has 114 valence electrons. The molecule has 2 aromatic rings. The van der Waals surface area contributed by atoms with Crippen molar-refractivity contribution in [2.24, 2.45) is 0 Å². The first-order chi connectivity index (χ1) is 10.1. The summed E-state index contributed by atoms with van der Waals surface area (Å²) in [5.41, 5.74) is 3.70. The fourth-order valence-electron chi connectivity index (χ4n) is 2.32. The Balaban J connectivity index is 2.46. The Bertz CT molecular complexity index is 613. The number of hydrogen-bond acceptors (Lipinski definition) is 5. The van der Waals surface area contributed by atoms with Gasteiger partial charge in [-0.15, -0.1) is 0 Å². The zero-order valence-electron chi connectivity index (χ0n) is 12.7. The van der Waals surface area contributed by atoms with Crippen molar-refractivity contribution in [2.75, 3.05) is 20.8 Å². The molecule has 0 radical (unpaired) electrons. The number of hydrogen-bond donors (Lipinski definition) is 1. The van der Waals surface area contributed by atoms with Crippen molar-refractivity contribution in [2.45, 2.75) is 26.4 Å². The minimum atomic E-state index is -0.0916. The van der Waals surface area contributed by atoms with Crippen LogP contribution in [0.2, 0.25) is 5.02 Å². The Morgan fingerprint density at radius 2 is 2.14 bits per heavy atom. The molecule has 0 fully saturated rings. The lowest BCUT2D eigenvalue weighted by Crippen LogP contribution is -2.24. The van der Waals surface area contributed by atoms with Gasteiger partial charge in [-0.3, -0.25) is 4.68 Å². The number of rotatable bonds is 6. The highest BCUT2D eigenvalue weighted by molar-refractivity contribution is 6.31. The maximum absolute atomic E-state index is 6.34. The Morgan fingerprint density at radius 3 is 2.81 bits per heavy atom. The molecule has 0 saturated heterocycles. The van der Waals surface area contributed by atoms with E-state index in [4.69, 9.17) is 16.3 Å². The van der Waals surface area contributed by atoms with Gasteiger partial charge in [0.15, 0.2) is 0 Å². The van der Waals surface area contributed by atoms with E-state index >= 15 is 0 Å². The van der Waals surface area contributed by atoms with E-state index in [1.807, 2.05) is 31.6 Å². The van der Waals surface area contributed by atoms with Crippen LogP contribution in [0, 0.1) is 13.8 Å². The number of ether oxygens (including phenoxy) is 1. The molecule has 0 aromatic carbocycles. The second kappa shape index (κ2) is 6.98. The molecule has 0 saturated carbocycles. The molecule has 2 rings (SSSR count). The third-order valence-corrected chi connectivity index (χ3v) is 3.64. The minimum absolute atomic E-state index is 0.0916. The molecule has 0 spiro atoms. The SMILES string of the molecule is CNC(c1cc(C)nnc1C)c1c(Cl)cnn1CCOC. The molecule has 6 nitrogen and oxygen atoms in total. The molecule has 0 aliphatic rings. The molecule has 0 amide bonds. The van der Waals surface area contributed by atoms with Crippen molar-refractivity contribution in [3.63, 3.8) is 0 Å². The molecule has 7 heteroatoms. The molecule has 0 aliphatic carbocycles. The highest BCUT2D eigenvalue weighted by Crippen LogP contribution is 2.29. The van der Waals surface area contributed by atoms with Crippen molar-refractivity contribution in [1.82, 2.24) is 25.3 Å². The predicted molar refractivity (Wildman–Crippen MR) is 81.5 cm³/mol. The summed E-state index contributed by atoms with van der Waals surface area (Å²) in [5.74, 6) is 0. The normalized spacial score (nSPS) is 12.6. The fraction of sp³-hybridized carbons (Fsp3) is 0.500. The van der Waals surface area contributed by atoms with Crippen LogP contribution in [0.1, 0.15) is 28.7 Å². The first kappa shape index (κ1) is 15.9. The van der Waals surface area contributed by atoms with Crippen LogP contribution in [0.5, 0.6) is 0 Å². The number of nitrogens with one attached hydrogen (secondary N) is 1. The summed E-state index contributed by atoms with van der Waals surface area (Å²) in [5, 5.41) is 16.5. The zero-order valence-corrected chi connectivity index (χ0v) is 13.5. The number of methoxy groups -OCH3 is 1. The Hall–Kier alpha value is -1.50. The number of halogens is 1. The van der Waals surface area contributed by atoms with E-state index in [2.05, 4.69) is 20.6 Å². The maximum Gasteiger partial charge on any atom is 0.0837 e. The van der Waals surface area contributed by atoms with Crippen LogP contribution < -0.4 is 5.32 Å². The van der Waals surface area contributed by atoms with Crippen molar-refractivity contribution < 1.29 is 4.74 Å². The average Bonchev–Trinajstić information content (AvgIpc) is 2.83. The highest BCUT2D eigenvalue weighted by atomic mass is 35.5. The van der Waals surface area contributed by atoms with Gasteiger partial charge in [0.2, 0.25) is 0 Å². The van der Waals surface area contributed by atoms with Gasteiger partial charge in [0.05, 0.1) is 47.5 Å². The van der Waals surface area contributed by atoms with Crippen molar-refractivity contribution in [3.8, 4) is 0 Å². The lowest BCUT2D eigenvalue weighted by molar-refractivity contribution is 0.182. The van der Waals surface area contributed by atoms with E-state index in [1.165, 1.54) is 0 Å². The monoisotopic (exact) mass is 309 g/mol. The first-order valence-electron chi connectivity index (χ1n) is 6.76. The van der Waals surface area contributed by atoms with Gasteiger partial charge in [-0.2, -0.15) is 15.3 Å². The number of nitrogens with zero attached hydrogens (tertiary/aromatic N) is 4. The highest BCUT2D eigenvalue weighted by Gasteiger charge is 2.23. The molecule has 21 heavy (non-hydrogen) atoms. The van der Waals surface area contributed by atoms with Crippen LogP contribution in [0.3, 0.4) is 0 Å². The van der Waals surface area contributed by atoms with Crippen LogP contribution in [0.15, 0.2) is 12.3 Å². The fourth-order valence-corrected chi connectivity index (χ4v) is 2.57. The second-order valence-corrected chi connectivity index (χ2v) is 5.25. The molecular formula is C14H20ClN5O. The Kier molecular flexibility index (Phi) is 5.27. The third kappa shape index (κ3) is 3.40. The standard InChI is InChI=1S/C14H20ClN5O/c1-9-7-11(10(2)19-18-9)13(16-3)14-12(15)8-17-20(14)5-6-21-4/h7-8,13,16H,5-6H2,1-4H3. The van der Waals surface area contributed by atoms with Crippen molar-refractivity contribution in [1.29, 1.82) is 0 Å². The second-order valence-electron chi connectivity index (χ2n) is 4.84. The summed E-state index contributed by atoms with van der Waals surface area (Å²) < 4.78 is 6.99.